The van der Waals surface area contributed by atoms with Gasteiger partial charge in [0, 0.05) is 50.2 Å². The first kappa shape index (κ1) is 24.9. The van der Waals surface area contributed by atoms with Crippen molar-refractivity contribution >= 4 is 17.4 Å². The normalized spacial score (nSPS) is 14.1. The Morgan fingerprint density at radius 1 is 0.795 bits per heavy atom. The summed E-state index contributed by atoms with van der Waals surface area (Å²) in [6.45, 7) is 7.88. The van der Waals surface area contributed by atoms with Gasteiger partial charge in [0.2, 0.25) is 0 Å². The summed E-state index contributed by atoms with van der Waals surface area (Å²) in [4.78, 5) is 22.3. The van der Waals surface area contributed by atoms with Gasteiger partial charge in [0.15, 0.2) is 0 Å². The molecule has 0 aliphatic carbocycles. The van der Waals surface area contributed by atoms with Gasteiger partial charge in [0.25, 0.3) is 0 Å². The first-order valence-corrected chi connectivity index (χ1v) is 13.5. The van der Waals surface area contributed by atoms with Crippen LogP contribution in [0.25, 0.3) is 28.0 Å². The number of nitrogens with one attached hydrogen (secondary N) is 1. The van der Waals surface area contributed by atoms with Gasteiger partial charge in [0.1, 0.15) is 5.65 Å². The van der Waals surface area contributed by atoms with E-state index in [4.69, 9.17) is 4.98 Å². The number of anilines is 1. The number of aromatic nitrogens is 2. The summed E-state index contributed by atoms with van der Waals surface area (Å²) >= 11 is 0. The van der Waals surface area contributed by atoms with Gasteiger partial charge in [-0.3, -0.25) is 4.90 Å². The van der Waals surface area contributed by atoms with E-state index in [1.807, 2.05) is 42.2 Å². The van der Waals surface area contributed by atoms with Crippen molar-refractivity contribution in [3.63, 3.8) is 0 Å². The Morgan fingerprint density at radius 2 is 1.54 bits per heavy atom. The Morgan fingerprint density at radius 3 is 2.31 bits per heavy atom. The lowest BCUT2D eigenvalue weighted by molar-refractivity contribution is 0.142. The highest BCUT2D eigenvalue weighted by molar-refractivity contribution is 5.90. The molecule has 0 atom stereocenters. The number of fused-ring (bicyclic) bond motifs is 1. The Bertz CT molecular complexity index is 1620. The number of para-hydroxylation sites is 1. The summed E-state index contributed by atoms with van der Waals surface area (Å²) in [5.41, 5.74) is 9.78. The molecule has 1 aliphatic rings. The summed E-state index contributed by atoms with van der Waals surface area (Å²) in [5, 5.41) is 3.08. The summed E-state index contributed by atoms with van der Waals surface area (Å²) in [6.07, 6.45) is 2.21. The zero-order chi connectivity index (χ0) is 26.8. The highest BCUT2D eigenvalue weighted by Gasteiger charge is 2.24. The van der Waals surface area contributed by atoms with E-state index in [2.05, 4.69) is 88.4 Å². The monoisotopic (exact) mass is 515 g/mol. The van der Waals surface area contributed by atoms with Crippen LogP contribution in [-0.2, 0) is 6.54 Å². The Labute approximate surface area is 229 Å². The van der Waals surface area contributed by atoms with Gasteiger partial charge in [-0.15, -0.1) is 0 Å². The van der Waals surface area contributed by atoms with E-state index >= 15 is 0 Å². The third kappa shape index (κ3) is 5.29. The second-order valence-corrected chi connectivity index (χ2v) is 10.3. The molecule has 0 saturated carbocycles. The van der Waals surface area contributed by atoms with Crippen LogP contribution in [0.4, 0.5) is 10.5 Å². The number of hydrogen-bond acceptors (Lipinski definition) is 3. The molecular weight excluding hydrogens is 482 g/mol. The highest BCUT2D eigenvalue weighted by Crippen LogP contribution is 2.29. The van der Waals surface area contributed by atoms with Crippen molar-refractivity contribution in [3.8, 4) is 22.4 Å². The van der Waals surface area contributed by atoms with Crippen molar-refractivity contribution in [1.82, 2.24) is 19.2 Å². The van der Waals surface area contributed by atoms with Crippen LogP contribution in [0.3, 0.4) is 0 Å². The maximum absolute atomic E-state index is 12.9. The molecule has 0 unspecified atom stereocenters. The number of rotatable bonds is 5. The quantitative estimate of drug-likeness (QED) is 0.286. The molecule has 1 aliphatic heterocycles. The van der Waals surface area contributed by atoms with E-state index in [1.54, 1.807) is 0 Å². The predicted octanol–water partition coefficient (Wildman–Crippen LogP) is 6.63. The van der Waals surface area contributed by atoms with Gasteiger partial charge in [-0.25, -0.2) is 9.78 Å². The lowest BCUT2D eigenvalue weighted by Crippen LogP contribution is -2.49. The molecule has 196 valence electrons. The number of imidazole rings is 1. The zero-order valence-electron chi connectivity index (χ0n) is 22.5. The average molecular weight is 516 g/mol. The lowest BCUT2D eigenvalue weighted by atomic mass is 10.1. The van der Waals surface area contributed by atoms with Gasteiger partial charge in [-0.2, -0.15) is 0 Å². The first-order chi connectivity index (χ1) is 19.0. The number of amides is 2. The molecule has 5 aromatic rings. The van der Waals surface area contributed by atoms with Crippen LogP contribution in [-0.4, -0.2) is 51.4 Å². The van der Waals surface area contributed by atoms with Crippen molar-refractivity contribution in [1.29, 1.82) is 0 Å². The predicted molar refractivity (Wildman–Crippen MR) is 158 cm³/mol. The van der Waals surface area contributed by atoms with E-state index in [1.165, 1.54) is 22.4 Å². The number of benzene rings is 3. The lowest BCUT2D eigenvalue weighted by Gasteiger charge is -2.34. The van der Waals surface area contributed by atoms with Crippen molar-refractivity contribution in [2.45, 2.75) is 20.4 Å². The number of piperazine rings is 1. The maximum atomic E-state index is 12.9. The fourth-order valence-electron chi connectivity index (χ4n) is 5.30. The molecule has 39 heavy (non-hydrogen) atoms. The van der Waals surface area contributed by atoms with Crippen molar-refractivity contribution in [3.05, 3.63) is 114 Å². The molecule has 0 bridgehead atoms. The van der Waals surface area contributed by atoms with Crippen molar-refractivity contribution < 1.29 is 4.79 Å². The largest absolute Gasteiger partial charge is 0.322 e. The van der Waals surface area contributed by atoms with Crippen LogP contribution >= 0.6 is 0 Å². The SMILES string of the molecule is Cc1cccc(-c2ccc3nc(-c4ccccc4)c(CN4CCN(C(=O)Nc5ccccc5C)CC4)n3c2)c1. The molecule has 0 spiro atoms. The standard InChI is InChI=1S/C33H33N5O/c1-24-9-8-13-27(21-24)28-15-16-31-35-32(26-11-4-3-5-12-26)30(38(31)22-28)23-36-17-19-37(20-18-36)33(39)34-29-14-7-6-10-25(29)2/h3-16,21-22H,17-20,23H2,1-2H3,(H,34,39). The van der Waals surface area contributed by atoms with Crippen molar-refractivity contribution in [2.24, 2.45) is 0 Å². The van der Waals surface area contributed by atoms with E-state index in [-0.39, 0.29) is 6.03 Å². The number of nitrogens with zero attached hydrogens (tertiary/aromatic N) is 4. The molecule has 1 fully saturated rings. The third-order valence-corrected chi connectivity index (χ3v) is 7.54. The third-order valence-electron chi connectivity index (χ3n) is 7.54. The molecular formula is C33H33N5O. The molecule has 3 aromatic carbocycles. The highest BCUT2D eigenvalue weighted by atomic mass is 16.2. The van der Waals surface area contributed by atoms with Gasteiger partial charge >= 0.3 is 6.03 Å². The van der Waals surface area contributed by atoms with Crippen LogP contribution in [0.15, 0.2) is 97.2 Å². The molecule has 6 heteroatoms. The van der Waals surface area contributed by atoms with Crippen LogP contribution in [0.2, 0.25) is 0 Å². The summed E-state index contributed by atoms with van der Waals surface area (Å²) < 4.78 is 2.25. The molecule has 2 amide bonds. The van der Waals surface area contributed by atoms with Crippen LogP contribution in [0.5, 0.6) is 0 Å². The number of pyridine rings is 1. The Balaban J connectivity index is 1.25. The minimum Gasteiger partial charge on any atom is -0.322 e. The second kappa shape index (κ2) is 10.8. The van der Waals surface area contributed by atoms with E-state index in [9.17, 15) is 4.79 Å². The fourth-order valence-corrected chi connectivity index (χ4v) is 5.30. The van der Waals surface area contributed by atoms with E-state index in [0.717, 1.165) is 47.8 Å². The van der Waals surface area contributed by atoms with Gasteiger partial charge in [-0.05, 0) is 48.7 Å². The van der Waals surface area contributed by atoms with Crippen LogP contribution in [0.1, 0.15) is 16.8 Å². The second-order valence-electron chi connectivity index (χ2n) is 10.3. The van der Waals surface area contributed by atoms with Crippen LogP contribution in [0, 0.1) is 13.8 Å². The Hall–Kier alpha value is -4.42. The summed E-state index contributed by atoms with van der Waals surface area (Å²) in [5.74, 6) is 0. The fraction of sp³-hybridized carbons (Fsp3) is 0.212. The Kier molecular flexibility index (Phi) is 6.86. The van der Waals surface area contributed by atoms with Crippen LogP contribution < -0.4 is 5.32 Å². The minimum atomic E-state index is -0.0356. The van der Waals surface area contributed by atoms with Gasteiger partial charge < -0.3 is 14.6 Å². The number of carbonyl (C=O) groups is 1. The number of urea groups is 1. The molecule has 1 saturated heterocycles. The number of aryl methyl sites for hydroxylation is 2. The van der Waals surface area contributed by atoms with Gasteiger partial charge in [0.05, 0.1) is 11.4 Å². The van der Waals surface area contributed by atoms with Gasteiger partial charge in [-0.1, -0.05) is 78.4 Å². The zero-order valence-corrected chi connectivity index (χ0v) is 22.5. The van der Waals surface area contributed by atoms with E-state index < -0.39 is 0 Å². The molecule has 6 rings (SSSR count). The summed E-state index contributed by atoms with van der Waals surface area (Å²) in [7, 11) is 0. The minimum absolute atomic E-state index is 0.0356. The topological polar surface area (TPSA) is 52.9 Å². The molecule has 2 aromatic heterocycles. The smallest absolute Gasteiger partial charge is 0.321 e. The number of hydrogen-bond donors (Lipinski definition) is 1. The first-order valence-electron chi connectivity index (χ1n) is 13.5. The van der Waals surface area contributed by atoms with E-state index in [0.29, 0.717) is 13.1 Å². The molecule has 0 radical (unpaired) electrons. The molecule has 3 heterocycles. The number of carbonyl (C=O) groups excluding carboxylic acids is 1. The average Bonchev–Trinajstić information content (AvgIpc) is 3.32. The maximum Gasteiger partial charge on any atom is 0.321 e. The van der Waals surface area contributed by atoms with Crippen molar-refractivity contribution in [2.75, 3.05) is 31.5 Å². The molecule has 1 N–H and O–H groups in total. The molecule has 6 nitrogen and oxygen atoms in total. The summed E-state index contributed by atoms with van der Waals surface area (Å²) in [6, 6.07) is 31.1.